The molecule has 1 aliphatic heterocycles. The van der Waals surface area contributed by atoms with Gasteiger partial charge >= 0.3 is 0 Å². The minimum atomic E-state index is -0.357. The Balaban J connectivity index is 1.37. The van der Waals surface area contributed by atoms with Crippen molar-refractivity contribution in [3.05, 3.63) is 65.4 Å². The molecule has 0 spiro atoms. The standard InChI is InChI=1S/C18H14N4O3S/c1-2-6-12(7-3-1)23-11-16-21-22-17(19-20-18(22)26-16)15-10-24-13-8-4-5-9-14(13)25-15/h1-9,15H,10-11H2. The van der Waals surface area contributed by atoms with E-state index in [1.165, 1.54) is 11.3 Å². The normalized spacial score (nSPS) is 15.9. The highest BCUT2D eigenvalue weighted by Crippen LogP contribution is 2.35. The molecular formula is C18H14N4O3S. The molecule has 0 fully saturated rings. The number of benzene rings is 2. The molecule has 0 saturated heterocycles. The summed E-state index contributed by atoms with van der Waals surface area (Å²) < 4.78 is 19.2. The van der Waals surface area contributed by atoms with Crippen molar-refractivity contribution in [2.45, 2.75) is 12.7 Å². The minimum absolute atomic E-state index is 0.357. The first-order chi connectivity index (χ1) is 12.9. The minimum Gasteiger partial charge on any atom is -0.486 e. The maximum Gasteiger partial charge on any atom is 0.234 e. The third-order valence-corrected chi connectivity index (χ3v) is 4.83. The van der Waals surface area contributed by atoms with E-state index in [-0.39, 0.29) is 6.10 Å². The Hall–Kier alpha value is -3.13. The maximum atomic E-state index is 6.01. The number of aromatic nitrogens is 4. The molecule has 0 radical (unpaired) electrons. The van der Waals surface area contributed by atoms with Gasteiger partial charge in [-0.3, -0.25) is 0 Å². The SMILES string of the molecule is c1ccc(OCc2nn3c(C4COc5ccccc5O4)nnc3s2)cc1. The molecule has 3 heterocycles. The van der Waals surface area contributed by atoms with Crippen LogP contribution in [-0.2, 0) is 6.61 Å². The van der Waals surface area contributed by atoms with E-state index in [0.717, 1.165) is 16.5 Å². The zero-order valence-electron chi connectivity index (χ0n) is 13.6. The Morgan fingerprint density at radius 1 is 1.04 bits per heavy atom. The Bertz CT molecular complexity index is 1050. The van der Waals surface area contributed by atoms with Crippen molar-refractivity contribution in [2.75, 3.05) is 6.61 Å². The van der Waals surface area contributed by atoms with Crippen molar-refractivity contribution >= 4 is 16.3 Å². The fraction of sp³-hybridized carbons (Fsp3) is 0.167. The first kappa shape index (κ1) is 15.2. The molecule has 4 aromatic rings. The number of rotatable bonds is 4. The van der Waals surface area contributed by atoms with E-state index in [4.69, 9.17) is 14.2 Å². The fourth-order valence-electron chi connectivity index (χ4n) is 2.74. The second-order valence-electron chi connectivity index (χ2n) is 5.71. The monoisotopic (exact) mass is 366 g/mol. The lowest BCUT2D eigenvalue weighted by atomic mass is 10.2. The average molecular weight is 366 g/mol. The highest BCUT2D eigenvalue weighted by atomic mass is 32.1. The van der Waals surface area contributed by atoms with Gasteiger partial charge in [0.25, 0.3) is 0 Å². The van der Waals surface area contributed by atoms with Crippen LogP contribution in [0.25, 0.3) is 4.96 Å². The summed E-state index contributed by atoms with van der Waals surface area (Å²) in [5.74, 6) is 2.86. The van der Waals surface area contributed by atoms with Gasteiger partial charge in [0.2, 0.25) is 4.96 Å². The van der Waals surface area contributed by atoms with Crippen molar-refractivity contribution < 1.29 is 14.2 Å². The van der Waals surface area contributed by atoms with Crippen LogP contribution in [0.4, 0.5) is 0 Å². The van der Waals surface area contributed by atoms with Crippen LogP contribution in [0.1, 0.15) is 16.9 Å². The van der Waals surface area contributed by atoms with E-state index < -0.39 is 0 Å². The van der Waals surface area contributed by atoms with Crippen molar-refractivity contribution in [3.63, 3.8) is 0 Å². The molecule has 2 aromatic carbocycles. The molecular weight excluding hydrogens is 352 g/mol. The molecule has 0 N–H and O–H groups in total. The van der Waals surface area contributed by atoms with Crippen LogP contribution in [0, 0.1) is 0 Å². The van der Waals surface area contributed by atoms with Gasteiger partial charge in [-0.25, -0.2) is 0 Å². The molecule has 8 heteroatoms. The quantitative estimate of drug-likeness (QED) is 0.552. The van der Waals surface area contributed by atoms with Gasteiger partial charge in [-0.05, 0) is 24.3 Å². The van der Waals surface area contributed by atoms with Gasteiger partial charge in [0, 0.05) is 0 Å². The lowest BCUT2D eigenvalue weighted by Gasteiger charge is -2.24. The average Bonchev–Trinajstić information content (AvgIpc) is 3.27. The van der Waals surface area contributed by atoms with E-state index in [0.29, 0.717) is 29.7 Å². The van der Waals surface area contributed by atoms with Crippen LogP contribution < -0.4 is 14.2 Å². The zero-order chi connectivity index (χ0) is 17.3. The lowest BCUT2D eigenvalue weighted by molar-refractivity contribution is 0.0835. The first-order valence-electron chi connectivity index (χ1n) is 8.14. The predicted molar refractivity (Wildman–Crippen MR) is 94.7 cm³/mol. The largest absolute Gasteiger partial charge is 0.486 e. The summed E-state index contributed by atoms with van der Waals surface area (Å²) in [6.45, 7) is 0.744. The molecule has 7 nitrogen and oxygen atoms in total. The molecule has 0 amide bonds. The van der Waals surface area contributed by atoms with Crippen molar-refractivity contribution in [2.24, 2.45) is 0 Å². The van der Waals surface area contributed by atoms with Crippen molar-refractivity contribution in [1.29, 1.82) is 0 Å². The number of nitrogens with zero attached hydrogens (tertiary/aromatic N) is 4. The Morgan fingerprint density at radius 3 is 2.73 bits per heavy atom. The number of fused-ring (bicyclic) bond motifs is 2. The molecule has 2 aromatic heterocycles. The van der Waals surface area contributed by atoms with Gasteiger partial charge in [0.05, 0.1) is 0 Å². The number of hydrogen-bond donors (Lipinski definition) is 0. The Morgan fingerprint density at radius 2 is 1.85 bits per heavy atom. The molecule has 5 rings (SSSR count). The predicted octanol–water partition coefficient (Wildman–Crippen LogP) is 3.28. The van der Waals surface area contributed by atoms with Gasteiger partial charge < -0.3 is 14.2 Å². The summed E-state index contributed by atoms with van der Waals surface area (Å²) in [6, 6.07) is 17.2. The van der Waals surface area contributed by atoms with E-state index in [1.54, 1.807) is 4.52 Å². The fourth-order valence-corrected chi connectivity index (χ4v) is 3.49. The van der Waals surface area contributed by atoms with Crippen LogP contribution in [0.5, 0.6) is 17.2 Å². The van der Waals surface area contributed by atoms with E-state index in [2.05, 4.69) is 15.3 Å². The summed E-state index contributed by atoms with van der Waals surface area (Å²) in [4.78, 5) is 0.703. The van der Waals surface area contributed by atoms with Crippen LogP contribution in [0.15, 0.2) is 54.6 Å². The van der Waals surface area contributed by atoms with Crippen LogP contribution in [-0.4, -0.2) is 26.4 Å². The topological polar surface area (TPSA) is 70.8 Å². The maximum absolute atomic E-state index is 6.01. The summed E-state index contributed by atoms with van der Waals surface area (Å²) >= 11 is 1.44. The molecule has 26 heavy (non-hydrogen) atoms. The molecule has 1 unspecified atom stereocenters. The second-order valence-corrected chi connectivity index (χ2v) is 6.75. The number of ether oxygens (including phenoxy) is 3. The van der Waals surface area contributed by atoms with Crippen LogP contribution >= 0.6 is 11.3 Å². The van der Waals surface area contributed by atoms with E-state index in [9.17, 15) is 0 Å². The zero-order valence-corrected chi connectivity index (χ0v) is 14.4. The second kappa shape index (κ2) is 6.30. The van der Waals surface area contributed by atoms with Gasteiger partial charge in [0.15, 0.2) is 28.4 Å². The van der Waals surface area contributed by atoms with Crippen LogP contribution in [0.3, 0.4) is 0 Å². The highest BCUT2D eigenvalue weighted by molar-refractivity contribution is 7.16. The summed E-state index contributed by atoms with van der Waals surface area (Å²) in [7, 11) is 0. The third kappa shape index (κ3) is 2.74. The third-order valence-electron chi connectivity index (χ3n) is 3.96. The van der Waals surface area contributed by atoms with E-state index >= 15 is 0 Å². The van der Waals surface area contributed by atoms with Crippen molar-refractivity contribution in [3.8, 4) is 17.2 Å². The first-order valence-corrected chi connectivity index (χ1v) is 8.96. The van der Waals surface area contributed by atoms with Gasteiger partial charge in [-0.15, -0.1) is 10.2 Å². The van der Waals surface area contributed by atoms with Crippen LogP contribution in [0.2, 0.25) is 0 Å². The van der Waals surface area contributed by atoms with E-state index in [1.807, 2.05) is 54.6 Å². The molecule has 130 valence electrons. The molecule has 0 bridgehead atoms. The summed E-state index contributed by atoms with van der Waals surface area (Å²) in [6.07, 6.45) is -0.357. The Kier molecular flexibility index (Phi) is 3.67. The summed E-state index contributed by atoms with van der Waals surface area (Å²) in [5, 5.41) is 13.8. The molecule has 0 saturated carbocycles. The van der Waals surface area contributed by atoms with Gasteiger partial charge in [0.1, 0.15) is 19.0 Å². The van der Waals surface area contributed by atoms with Gasteiger partial charge in [-0.2, -0.15) is 9.61 Å². The number of para-hydroxylation sites is 3. The molecule has 1 atom stereocenters. The van der Waals surface area contributed by atoms with Crippen molar-refractivity contribution in [1.82, 2.24) is 19.8 Å². The number of hydrogen-bond acceptors (Lipinski definition) is 7. The Labute approximate surface area is 152 Å². The summed E-state index contributed by atoms with van der Waals surface area (Å²) in [5.41, 5.74) is 0. The van der Waals surface area contributed by atoms with Gasteiger partial charge in [-0.1, -0.05) is 41.7 Å². The lowest BCUT2D eigenvalue weighted by Crippen LogP contribution is -2.23. The molecule has 1 aliphatic rings. The highest BCUT2D eigenvalue weighted by Gasteiger charge is 2.28. The molecule has 0 aliphatic carbocycles. The smallest absolute Gasteiger partial charge is 0.234 e.